The van der Waals surface area contributed by atoms with Crippen molar-refractivity contribution in [2.24, 2.45) is 0 Å². The fourth-order valence-corrected chi connectivity index (χ4v) is 1.74. The van der Waals surface area contributed by atoms with Crippen molar-refractivity contribution in [1.82, 2.24) is 4.57 Å². The predicted octanol–water partition coefficient (Wildman–Crippen LogP) is 2.21. The van der Waals surface area contributed by atoms with Crippen LogP contribution in [0.15, 0.2) is 36.5 Å². The molecule has 86 valence electrons. The molecule has 0 aliphatic rings. The van der Waals surface area contributed by atoms with Crippen LogP contribution in [0.1, 0.15) is 6.42 Å². The van der Waals surface area contributed by atoms with Gasteiger partial charge in [0.15, 0.2) is 6.61 Å². The van der Waals surface area contributed by atoms with Gasteiger partial charge in [0.2, 0.25) is 0 Å². The van der Waals surface area contributed by atoms with E-state index < -0.39 is 0 Å². The van der Waals surface area contributed by atoms with Gasteiger partial charge in [-0.15, -0.1) is 6.42 Å². The zero-order valence-electron chi connectivity index (χ0n) is 9.43. The van der Waals surface area contributed by atoms with Crippen LogP contribution in [-0.4, -0.2) is 17.1 Å². The Hall–Kier alpha value is -2.21. The Bertz CT molecular complexity index is 563. The van der Waals surface area contributed by atoms with E-state index in [4.69, 9.17) is 11.2 Å². The lowest BCUT2D eigenvalue weighted by molar-refractivity contribution is -0.142. The van der Waals surface area contributed by atoms with Crippen LogP contribution in [0.4, 0.5) is 0 Å². The number of carbonyl (C=O) groups excluding carboxylic acids is 1. The first-order valence-electron chi connectivity index (χ1n) is 5.44. The van der Waals surface area contributed by atoms with Crippen molar-refractivity contribution in [3.63, 3.8) is 0 Å². The Kier molecular flexibility index (Phi) is 3.46. The number of hydrogen-bond acceptors (Lipinski definition) is 2. The summed E-state index contributed by atoms with van der Waals surface area (Å²) in [7, 11) is 0. The van der Waals surface area contributed by atoms with Crippen molar-refractivity contribution < 1.29 is 9.53 Å². The fourth-order valence-electron chi connectivity index (χ4n) is 1.74. The van der Waals surface area contributed by atoms with Crippen LogP contribution in [-0.2, 0) is 16.1 Å². The number of fused-ring (bicyclic) bond motifs is 1. The quantitative estimate of drug-likeness (QED) is 0.592. The highest BCUT2D eigenvalue weighted by molar-refractivity contribution is 5.80. The van der Waals surface area contributed by atoms with Gasteiger partial charge in [-0.05, 0) is 17.5 Å². The van der Waals surface area contributed by atoms with Crippen LogP contribution in [0, 0.1) is 12.3 Å². The highest BCUT2D eigenvalue weighted by Crippen LogP contribution is 2.15. The lowest BCUT2D eigenvalue weighted by atomic mass is 10.2. The Morgan fingerprint density at radius 1 is 1.35 bits per heavy atom. The molecule has 0 spiro atoms. The number of aromatic nitrogens is 1. The SMILES string of the molecule is C#CCOC(=O)CCn1ccc2ccccc21. The number of para-hydroxylation sites is 1. The van der Waals surface area contributed by atoms with E-state index in [1.807, 2.05) is 41.1 Å². The zero-order valence-corrected chi connectivity index (χ0v) is 9.43. The standard InChI is InChI=1S/C14H13NO2/c1-2-11-17-14(16)8-10-15-9-7-12-5-3-4-6-13(12)15/h1,3-7,9H,8,10-11H2. The molecule has 0 amide bonds. The smallest absolute Gasteiger partial charge is 0.308 e. The summed E-state index contributed by atoms with van der Waals surface area (Å²) >= 11 is 0. The van der Waals surface area contributed by atoms with Gasteiger partial charge in [-0.25, -0.2) is 0 Å². The number of terminal acetylenes is 1. The second-order valence-electron chi connectivity index (χ2n) is 3.68. The predicted molar refractivity (Wildman–Crippen MR) is 66.3 cm³/mol. The van der Waals surface area contributed by atoms with E-state index in [0.29, 0.717) is 13.0 Å². The van der Waals surface area contributed by atoms with Gasteiger partial charge in [-0.2, -0.15) is 0 Å². The average Bonchev–Trinajstić information content (AvgIpc) is 2.77. The number of esters is 1. The first-order chi connectivity index (χ1) is 8.31. The third-order valence-corrected chi connectivity index (χ3v) is 2.55. The summed E-state index contributed by atoms with van der Waals surface area (Å²) in [6.07, 6.45) is 7.31. The Balaban J connectivity index is 2.00. The molecule has 1 aromatic carbocycles. The monoisotopic (exact) mass is 227 g/mol. The van der Waals surface area contributed by atoms with E-state index in [-0.39, 0.29) is 12.6 Å². The molecule has 0 saturated heterocycles. The van der Waals surface area contributed by atoms with Gasteiger partial charge in [0.25, 0.3) is 0 Å². The maximum absolute atomic E-state index is 11.3. The number of aryl methyl sites for hydroxylation is 1. The number of benzene rings is 1. The lowest BCUT2D eigenvalue weighted by Gasteiger charge is -2.04. The van der Waals surface area contributed by atoms with Gasteiger partial charge in [0.1, 0.15) is 0 Å². The highest BCUT2D eigenvalue weighted by Gasteiger charge is 2.04. The molecule has 17 heavy (non-hydrogen) atoms. The fraction of sp³-hybridized carbons (Fsp3) is 0.214. The average molecular weight is 227 g/mol. The second-order valence-corrected chi connectivity index (χ2v) is 3.68. The summed E-state index contributed by atoms with van der Waals surface area (Å²) in [5.74, 6) is 2.01. The molecule has 1 aromatic heterocycles. The molecule has 3 nitrogen and oxygen atoms in total. The van der Waals surface area contributed by atoms with Crippen molar-refractivity contribution >= 4 is 16.9 Å². The molecular formula is C14H13NO2. The van der Waals surface area contributed by atoms with Gasteiger partial charge in [-0.1, -0.05) is 24.1 Å². The summed E-state index contributed by atoms with van der Waals surface area (Å²) in [5.41, 5.74) is 1.12. The number of nitrogens with zero attached hydrogens (tertiary/aromatic N) is 1. The van der Waals surface area contributed by atoms with Crippen molar-refractivity contribution in [3.8, 4) is 12.3 Å². The number of carbonyl (C=O) groups is 1. The van der Waals surface area contributed by atoms with E-state index in [1.54, 1.807) is 0 Å². The van der Waals surface area contributed by atoms with Crippen LogP contribution in [0.3, 0.4) is 0 Å². The summed E-state index contributed by atoms with van der Waals surface area (Å²) in [6.45, 7) is 0.655. The Morgan fingerprint density at radius 3 is 3.00 bits per heavy atom. The number of ether oxygens (including phenoxy) is 1. The Labute approximate surface area is 100.0 Å². The zero-order chi connectivity index (χ0) is 12.1. The van der Waals surface area contributed by atoms with E-state index >= 15 is 0 Å². The van der Waals surface area contributed by atoms with Crippen LogP contribution >= 0.6 is 0 Å². The number of rotatable bonds is 4. The molecule has 2 rings (SSSR count). The molecular weight excluding hydrogens is 214 g/mol. The molecule has 0 fully saturated rings. The van der Waals surface area contributed by atoms with Gasteiger partial charge >= 0.3 is 5.97 Å². The van der Waals surface area contributed by atoms with Gasteiger partial charge in [0, 0.05) is 18.3 Å². The molecule has 0 saturated carbocycles. The molecule has 0 aliphatic carbocycles. The topological polar surface area (TPSA) is 31.2 Å². The maximum atomic E-state index is 11.3. The third kappa shape index (κ3) is 2.67. The molecule has 0 bridgehead atoms. The van der Waals surface area contributed by atoms with Crippen molar-refractivity contribution in [3.05, 3.63) is 36.5 Å². The molecule has 3 heteroatoms. The van der Waals surface area contributed by atoms with Crippen molar-refractivity contribution in [2.75, 3.05) is 6.61 Å². The summed E-state index contributed by atoms with van der Waals surface area (Å²) in [6, 6.07) is 10.1. The van der Waals surface area contributed by atoms with Crippen LogP contribution in [0.5, 0.6) is 0 Å². The molecule has 0 atom stereocenters. The van der Waals surface area contributed by atoms with E-state index in [1.165, 1.54) is 5.39 Å². The second kappa shape index (κ2) is 5.22. The minimum Gasteiger partial charge on any atom is -0.452 e. The minimum atomic E-state index is -0.263. The third-order valence-electron chi connectivity index (χ3n) is 2.55. The molecule has 2 aromatic rings. The van der Waals surface area contributed by atoms with E-state index in [2.05, 4.69) is 5.92 Å². The first kappa shape index (κ1) is 11.3. The summed E-state index contributed by atoms with van der Waals surface area (Å²) in [5, 5.41) is 1.17. The normalized spacial score (nSPS) is 10.1. The van der Waals surface area contributed by atoms with Gasteiger partial charge < -0.3 is 9.30 Å². The van der Waals surface area contributed by atoms with Crippen molar-refractivity contribution in [1.29, 1.82) is 0 Å². The van der Waals surface area contributed by atoms with Crippen LogP contribution < -0.4 is 0 Å². The van der Waals surface area contributed by atoms with Crippen LogP contribution in [0.25, 0.3) is 10.9 Å². The van der Waals surface area contributed by atoms with Crippen molar-refractivity contribution in [2.45, 2.75) is 13.0 Å². The summed E-state index contributed by atoms with van der Waals surface area (Å²) in [4.78, 5) is 11.3. The molecule has 0 unspecified atom stereocenters. The molecule has 0 radical (unpaired) electrons. The highest BCUT2D eigenvalue weighted by atomic mass is 16.5. The van der Waals surface area contributed by atoms with Gasteiger partial charge in [-0.3, -0.25) is 4.79 Å². The van der Waals surface area contributed by atoms with E-state index in [0.717, 1.165) is 5.52 Å². The number of hydrogen-bond donors (Lipinski definition) is 0. The van der Waals surface area contributed by atoms with Gasteiger partial charge in [0.05, 0.1) is 6.42 Å². The lowest BCUT2D eigenvalue weighted by Crippen LogP contribution is -2.08. The first-order valence-corrected chi connectivity index (χ1v) is 5.44. The minimum absolute atomic E-state index is 0.0469. The largest absolute Gasteiger partial charge is 0.452 e. The van der Waals surface area contributed by atoms with Crippen LogP contribution in [0.2, 0.25) is 0 Å². The van der Waals surface area contributed by atoms with E-state index in [9.17, 15) is 4.79 Å². The molecule has 1 heterocycles. The molecule has 0 N–H and O–H groups in total. The Morgan fingerprint density at radius 2 is 2.18 bits per heavy atom. The maximum Gasteiger partial charge on any atom is 0.308 e. The molecule has 0 aliphatic heterocycles. The summed E-state index contributed by atoms with van der Waals surface area (Å²) < 4.78 is 6.85.